The number of amidine groups is 1. The Balaban J connectivity index is 2.08. The Labute approximate surface area is 127 Å². The fourth-order valence-corrected chi connectivity index (χ4v) is 2.21. The summed E-state index contributed by atoms with van der Waals surface area (Å²) in [6, 6.07) is 4.99. The molecule has 1 heterocycles. The summed E-state index contributed by atoms with van der Waals surface area (Å²) in [5.74, 6) is 0.868. The van der Waals surface area contributed by atoms with Crippen molar-refractivity contribution in [3.63, 3.8) is 0 Å². The van der Waals surface area contributed by atoms with E-state index in [1.165, 1.54) is 0 Å². The summed E-state index contributed by atoms with van der Waals surface area (Å²) in [7, 11) is 0. The van der Waals surface area contributed by atoms with Gasteiger partial charge in [-0.05, 0) is 17.2 Å². The van der Waals surface area contributed by atoms with Crippen LogP contribution in [0.2, 0.25) is 0 Å². The lowest BCUT2D eigenvalue weighted by atomic mass is 10.0. The summed E-state index contributed by atoms with van der Waals surface area (Å²) in [4.78, 5) is 15.7. The van der Waals surface area contributed by atoms with Gasteiger partial charge in [0.15, 0.2) is 5.84 Å². The number of fused-ring (bicyclic) bond motifs is 1. The largest absolute Gasteiger partial charge is 0.493 e. The Bertz CT molecular complexity index is 561. The number of amides is 1. The first-order chi connectivity index (χ1) is 10.6. The van der Waals surface area contributed by atoms with E-state index in [1.807, 2.05) is 18.2 Å². The minimum absolute atomic E-state index is 0.00330. The van der Waals surface area contributed by atoms with Crippen LogP contribution in [0.1, 0.15) is 11.1 Å². The molecule has 8 nitrogen and oxygen atoms in total. The standard InChI is InChI=1S/C14H19N3O5/c15-13(17-22-6-4-18)11(16-14(19)20)8-9-1-2-12-10(7-9)3-5-21-12/h1-2,7,11,16,18H,3-6,8H2,(H2,15,17)(H,19,20). The highest BCUT2D eigenvalue weighted by molar-refractivity contribution is 5.88. The summed E-state index contributed by atoms with van der Waals surface area (Å²) in [6.45, 7) is 0.462. The number of ether oxygens (including phenoxy) is 1. The molecule has 1 aliphatic heterocycles. The van der Waals surface area contributed by atoms with Crippen molar-refractivity contribution in [2.45, 2.75) is 18.9 Å². The van der Waals surface area contributed by atoms with Crippen molar-refractivity contribution in [3.05, 3.63) is 29.3 Å². The molecule has 0 bridgehead atoms. The van der Waals surface area contributed by atoms with Gasteiger partial charge in [0.25, 0.3) is 0 Å². The maximum absolute atomic E-state index is 10.9. The van der Waals surface area contributed by atoms with Crippen molar-refractivity contribution < 1.29 is 24.6 Å². The number of nitrogens with one attached hydrogen (secondary N) is 1. The van der Waals surface area contributed by atoms with Gasteiger partial charge in [-0.2, -0.15) is 0 Å². The zero-order valence-corrected chi connectivity index (χ0v) is 12.0. The molecule has 2 rings (SSSR count). The van der Waals surface area contributed by atoms with Crippen molar-refractivity contribution in [1.29, 1.82) is 0 Å². The molecule has 1 amide bonds. The van der Waals surface area contributed by atoms with Gasteiger partial charge >= 0.3 is 6.09 Å². The predicted molar refractivity (Wildman–Crippen MR) is 79.0 cm³/mol. The Morgan fingerprint density at radius 1 is 1.55 bits per heavy atom. The molecule has 1 atom stereocenters. The summed E-state index contributed by atoms with van der Waals surface area (Å²) in [6.07, 6.45) is -0.0179. The summed E-state index contributed by atoms with van der Waals surface area (Å²) >= 11 is 0. The van der Waals surface area contributed by atoms with E-state index < -0.39 is 12.1 Å². The maximum atomic E-state index is 10.9. The zero-order valence-electron chi connectivity index (χ0n) is 12.0. The van der Waals surface area contributed by atoms with Crippen LogP contribution in [0.25, 0.3) is 0 Å². The number of carboxylic acid groups (broad SMARTS) is 1. The van der Waals surface area contributed by atoms with Crippen molar-refractivity contribution in [2.24, 2.45) is 10.9 Å². The number of nitrogens with two attached hydrogens (primary N) is 1. The van der Waals surface area contributed by atoms with Gasteiger partial charge in [0.2, 0.25) is 0 Å². The van der Waals surface area contributed by atoms with Crippen LogP contribution in [0.15, 0.2) is 23.4 Å². The number of hydrogen-bond donors (Lipinski definition) is 4. The zero-order chi connectivity index (χ0) is 15.9. The van der Waals surface area contributed by atoms with Crippen molar-refractivity contribution >= 4 is 11.9 Å². The minimum Gasteiger partial charge on any atom is -0.493 e. The lowest BCUT2D eigenvalue weighted by Crippen LogP contribution is -2.45. The predicted octanol–water partition coefficient (Wildman–Crippen LogP) is 0.0813. The van der Waals surface area contributed by atoms with Crippen LogP contribution in [0, 0.1) is 0 Å². The van der Waals surface area contributed by atoms with Crippen molar-refractivity contribution in [1.82, 2.24) is 5.32 Å². The van der Waals surface area contributed by atoms with Crippen LogP contribution >= 0.6 is 0 Å². The Morgan fingerprint density at radius 2 is 2.36 bits per heavy atom. The molecule has 8 heteroatoms. The first-order valence-electron chi connectivity index (χ1n) is 6.90. The van der Waals surface area contributed by atoms with Crippen LogP contribution in [-0.2, 0) is 17.7 Å². The summed E-state index contributed by atoms with van der Waals surface area (Å²) in [5.41, 5.74) is 7.78. The monoisotopic (exact) mass is 309 g/mol. The number of hydrogen-bond acceptors (Lipinski definition) is 5. The molecule has 1 aromatic carbocycles. The molecule has 120 valence electrons. The SMILES string of the molecule is NC(=NOCCO)C(Cc1ccc2c(c1)CCO2)NC(=O)O. The number of nitrogens with zero attached hydrogens (tertiary/aromatic N) is 1. The Hall–Kier alpha value is -2.48. The Morgan fingerprint density at radius 3 is 3.09 bits per heavy atom. The number of oxime groups is 1. The van der Waals surface area contributed by atoms with E-state index in [-0.39, 0.29) is 19.0 Å². The third-order valence-electron chi connectivity index (χ3n) is 3.20. The van der Waals surface area contributed by atoms with E-state index in [2.05, 4.69) is 10.5 Å². The van der Waals surface area contributed by atoms with E-state index in [4.69, 9.17) is 25.5 Å². The van der Waals surface area contributed by atoms with Gasteiger partial charge in [-0.3, -0.25) is 0 Å². The maximum Gasteiger partial charge on any atom is 0.405 e. The number of aliphatic hydroxyl groups excluding tert-OH is 1. The molecule has 1 aromatic rings. The van der Waals surface area contributed by atoms with Gasteiger partial charge in [-0.15, -0.1) is 0 Å². The third kappa shape index (κ3) is 4.26. The van der Waals surface area contributed by atoms with E-state index in [0.717, 1.165) is 23.3 Å². The van der Waals surface area contributed by atoms with Gasteiger partial charge in [0.1, 0.15) is 12.4 Å². The fourth-order valence-electron chi connectivity index (χ4n) is 2.21. The van der Waals surface area contributed by atoms with Gasteiger partial charge < -0.3 is 30.8 Å². The highest BCUT2D eigenvalue weighted by Crippen LogP contribution is 2.26. The van der Waals surface area contributed by atoms with Gasteiger partial charge in [-0.1, -0.05) is 17.3 Å². The van der Waals surface area contributed by atoms with E-state index in [1.54, 1.807) is 0 Å². The lowest BCUT2D eigenvalue weighted by Gasteiger charge is -2.16. The number of rotatable bonds is 7. The molecule has 0 fully saturated rings. The molecule has 22 heavy (non-hydrogen) atoms. The van der Waals surface area contributed by atoms with Crippen LogP contribution in [0.4, 0.5) is 4.79 Å². The second kappa shape index (κ2) is 7.51. The van der Waals surface area contributed by atoms with Gasteiger partial charge in [0, 0.05) is 12.8 Å². The number of carbonyl (C=O) groups is 1. The average Bonchev–Trinajstić information content (AvgIpc) is 2.93. The molecule has 0 aromatic heterocycles. The normalized spacial score (nSPS) is 14.9. The molecule has 0 aliphatic carbocycles. The fraction of sp³-hybridized carbons (Fsp3) is 0.429. The van der Waals surface area contributed by atoms with Crippen LogP contribution in [-0.4, -0.2) is 48.0 Å². The lowest BCUT2D eigenvalue weighted by molar-refractivity contribution is 0.0974. The van der Waals surface area contributed by atoms with E-state index in [0.29, 0.717) is 13.0 Å². The topological polar surface area (TPSA) is 126 Å². The molecule has 0 spiro atoms. The highest BCUT2D eigenvalue weighted by Gasteiger charge is 2.19. The van der Waals surface area contributed by atoms with Gasteiger partial charge in [-0.25, -0.2) is 4.79 Å². The van der Waals surface area contributed by atoms with Crippen LogP contribution in [0.5, 0.6) is 5.75 Å². The molecular formula is C14H19N3O5. The molecule has 1 unspecified atom stereocenters. The van der Waals surface area contributed by atoms with Crippen molar-refractivity contribution in [2.75, 3.05) is 19.8 Å². The summed E-state index contributed by atoms with van der Waals surface area (Å²) in [5, 5.41) is 23.5. The number of aliphatic hydroxyl groups is 1. The van der Waals surface area contributed by atoms with E-state index in [9.17, 15) is 4.79 Å². The molecule has 1 aliphatic rings. The molecular weight excluding hydrogens is 290 g/mol. The third-order valence-corrected chi connectivity index (χ3v) is 3.20. The Kier molecular flexibility index (Phi) is 5.42. The molecule has 0 radical (unpaired) electrons. The van der Waals surface area contributed by atoms with Crippen LogP contribution in [0.3, 0.4) is 0 Å². The first-order valence-corrected chi connectivity index (χ1v) is 6.90. The second-order valence-corrected chi connectivity index (χ2v) is 4.82. The first kappa shape index (κ1) is 15.9. The molecule has 0 saturated carbocycles. The minimum atomic E-state index is -1.20. The van der Waals surface area contributed by atoms with Gasteiger partial charge in [0.05, 0.1) is 19.3 Å². The quantitative estimate of drug-likeness (QED) is 0.244. The average molecular weight is 309 g/mol. The molecule has 0 saturated heterocycles. The second-order valence-electron chi connectivity index (χ2n) is 4.82. The highest BCUT2D eigenvalue weighted by atomic mass is 16.6. The molecule has 5 N–H and O–H groups in total. The van der Waals surface area contributed by atoms with E-state index >= 15 is 0 Å². The summed E-state index contributed by atoms with van der Waals surface area (Å²) < 4.78 is 5.43. The van der Waals surface area contributed by atoms with Crippen molar-refractivity contribution in [3.8, 4) is 5.75 Å². The smallest absolute Gasteiger partial charge is 0.405 e. The van der Waals surface area contributed by atoms with Crippen LogP contribution < -0.4 is 15.8 Å². The number of benzene rings is 1.